The maximum Gasteiger partial charge on any atom is 0.148 e. The van der Waals surface area contributed by atoms with Crippen LogP contribution in [0.3, 0.4) is 0 Å². The number of likely N-dealkylation sites (N-methyl/N-ethyl adjacent to an activating group) is 1. The summed E-state index contributed by atoms with van der Waals surface area (Å²) in [5.74, 6) is 0.215. The molecule has 0 bridgehead atoms. The van der Waals surface area contributed by atoms with E-state index in [1.807, 2.05) is 7.05 Å². The van der Waals surface area contributed by atoms with E-state index in [0.29, 0.717) is 18.0 Å². The summed E-state index contributed by atoms with van der Waals surface area (Å²) in [7, 11) is -0.903. The minimum Gasteiger partial charge on any atom is -0.326 e. The fraction of sp³-hybridized carbons (Fsp3) is 1.00. The van der Waals surface area contributed by atoms with Crippen molar-refractivity contribution in [3.63, 3.8) is 0 Å². The summed E-state index contributed by atoms with van der Waals surface area (Å²) in [6.07, 6.45) is 4.52. The predicted octanol–water partition coefficient (Wildman–Crippen LogP) is 0.869. The number of nitrogens with zero attached hydrogens (tertiary/aromatic N) is 1. The summed E-state index contributed by atoms with van der Waals surface area (Å²) >= 11 is 0. The van der Waals surface area contributed by atoms with Crippen LogP contribution in [0.15, 0.2) is 0 Å². The van der Waals surface area contributed by atoms with Gasteiger partial charge in [-0.25, -0.2) is 8.42 Å². The standard InChI is InChI=1S/C12H26N2O2S/c1-12(2)6-5-10(13)11(9-12)14(3)7-8-17(4,15)16/h10-11H,5-9,13H2,1-4H3. The highest BCUT2D eigenvalue weighted by Gasteiger charge is 2.35. The van der Waals surface area contributed by atoms with Gasteiger partial charge in [0.2, 0.25) is 0 Å². The van der Waals surface area contributed by atoms with Gasteiger partial charge in [0.05, 0.1) is 5.75 Å². The maximum absolute atomic E-state index is 11.2. The zero-order chi connectivity index (χ0) is 13.3. The van der Waals surface area contributed by atoms with Crippen LogP contribution in [-0.4, -0.2) is 51.0 Å². The fourth-order valence-corrected chi connectivity index (χ4v) is 3.15. The van der Waals surface area contributed by atoms with Crippen molar-refractivity contribution in [3.8, 4) is 0 Å². The molecule has 2 unspecified atom stereocenters. The number of hydrogen-bond acceptors (Lipinski definition) is 4. The van der Waals surface area contributed by atoms with Gasteiger partial charge in [-0.2, -0.15) is 0 Å². The van der Waals surface area contributed by atoms with Crippen LogP contribution in [0.4, 0.5) is 0 Å². The molecule has 0 amide bonds. The number of nitrogens with two attached hydrogens (primary N) is 1. The average molecular weight is 262 g/mol. The zero-order valence-electron chi connectivity index (χ0n) is 11.4. The van der Waals surface area contributed by atoms with Gasteiger partial charge >= 0.3 is 0 Å². The Kier molecular flexibility index (Phi) is 4.60. The van der Waals surface area contributed by atoms with Crippen molar-refractivity contribution in [1.82, 2.24) is 4.90 Å². The molecule has 0 heterocycles. The van der Waals surface area contributed by atoms with Crippen LogP contribution >= 0.6 is 0 Å². The first-order valence-corrected chi connectivity index (χ1v) is 8.30. The van der Waals surface area contributed by atoms with Crippen LogP contribution in [-0.2, 0) is 9.84 Å². The molecule has 2 N–H and O–H groups in total. The summed E-state index contributed by atoms with van der Waals surface area (Å²) < 4.78 is 22.3. The lowest BCUT2D eigenvalue weighted by Crippen LogP contribution is -2.52. The van der Waals surface area contributed by atoms with E-state index >= 15 is 0 Å². The monoisotopic (exact) mass is 262 g/mol. The molecule has 1 fully saturated rings. The van der Waals surface area contributed by atoms with Gasteiger partial charge in [-0.3, -0.25) is 0 Å². The van der Waals surface area contributed by atoms with Gasteiger partial charge in [-0.05, 0) is 31.7 Å². The van der Waals surface area contributed by atoms with E-state index in [1.165, 1.54) is 6.26 Å². The van der Waals surface area contributed by atoms with E-state index in [2.05, 4.69) is 18.7 Å². The second-order valence-electron chi connectivity index (χ2n) is 6.25. The molecule has 0 spiro atoms. The molecule has 1 aliphatic carbocycles. The summed E-state index contributed by atoms with van der Waals surface area (Å²) in [6.45, 7) is 5.10. The van der Waals surface area contributed by atoms with Crippen LogP contribution in [0.1, 0.15) is 33.1 Å². The number of sulfone groups is 1. The molecular formula is C12H26N2O2S. The van der Waals surface area contributed by atoms with Crippen LogP contribution in [0.25, 0.3) is 0 Å². The van der Waals surface area contributed by atoms with Gasteiger partial charge in [0.25, 0.3) is 0 Å². The molecule has 102 valence electrons. The molecule has 0 radical (unpaired) electrons. The highest BCUT2D eigenvalue weighted by atomic mass is 32.2. The molecule has 1 saturated carbocycles. The van der Waals surface area contributed by atoms with Gasteiger partial charge in [0, 0.05) is 24.9 Å². The predicted molar refractivity (Wildman–Crippen MR) is 71.7 cm³/mol. The van der Waals surface area contributed by atoms with Crippen molar-refractivity contribution in [2.45, 2.75) is 45.2 Å². The maximum atomic E-state index is 11.2. The Morgan fingerprint density at radius 2 is 2.00 bits per heavy atom. The third kappa shape index (κ3) is 4.94. The highest BCUT2D eigenvalue weighted by Crippen LogP contribution is 2.36. The van der Waals surface area contributed by atoms with Crippen LogP contribution in [0.2, 0.25) is 0 Å². The molecule has 17 heavy (non-hydrogen) atoms. The molecule has 5 heteroatoms. The summed E-state index contributed by atoms with van der Waals surface area (Å²) in [5.41, 5.74) is 6.47. The Balaban J connectivity index is 2.57. The van der Waals surface area contributed by atoms with Crippen LogP contribution < -0.4 is 5.73 Å². The van der Waals surface area contributed by atoms with E-state index < -0.39 is 9.84 Å². The van der Waals surface area contributed by atoms with Crippen molar-refractivity contribution in [2.24, 2.45) is 11.1 Å². The van der Waals surface area contributed by atoms with Crippen LogP contribution in [0, 0.1) is 5.41 Å². The molecule has 4 nitrogen and oxygen atoms in total. The fourth-order valence-electron chi connectivity index (χ4n) is 2.53. The Hall–Kier alpha value is -0.130. The topological polar surface area (TPSA) is 63.4 Å². The van der Waals surface area contributed by atoms with E-state index in [1.54, 1.807) is 0 Å². The van der Waals surface area contributed by atoms with Gasteiger partial charge in [-0.15, -0.1) is 0 Å². The highest BCUT2D eigenvalue weighted by molar-refractivity contribution is 7.90. The summed E-state index contributed by atoms with van der Waals surface area (Å²) in [6, 6.07) is 0.480. The Morgan fingerprint density at radius 1 is 1.41 bits per heavy atom. The first kappa shape index (κ1) is 14.9. The molecule has 0 aromatic heterocycles. The Morgan fingerprint density at radius 3 is 2.53 bits per heavy atom. The second kappa shape index (κ2) is 5.24. The van der Waals surface area contributed by atoms with Gasteiger partial charge in [0.1, 0.15) is 9.84 Å². The largest absolute Gasteiger partial charge is 0.326 e. The Bertz CT molecular complexity index is 352. The van der Waals surface area contributed by atoms with Crippen molar-refractivity contribution in [1.29, 1.82) is 0 Å². The zero-order valence-corrected chi connectivity index (χ0v) is 12.3. The lowest BCUT2D eigenvalue weighted by Gasteiger charge is -2.43. The van der Waals surface area contributed by atoms with Gasteiger partial charge in [0.15, 0.2) is 0 Å². The summed E-state index contributed by atoms with van der Waals surface area (Å²) in [5, 5.41) is 0. The molecule has 1 aliphatic rings. The van der Waals surface area contributed by atoms with Crippen LogP contribution in [0.5, 0.6) is 0 Å². The van der Waals surface area contributed by atoms with Crippen molar-refractivity contribution in [3.05, 3.63) is 0 Å². The smallest absolute Gasteiger partial charge is 0.148 e. The molecular weight excluding hydrogens is 236 g/mol. The molecule has 0 aliphatic heterocycles. The van der Waals surface area contributed by atoms with E-state index in [9.17, 15) is 8.42 Å². The second-order valence-corrected chi connectivity index (χ2v) is 8.51. The third-order valence-electron chi connectivity index (χ3n) is 3.79. The molecule has 0 aromatic rings. The number of hydrogen-bond donors (Lipinski definition) is 1. The SMILES string of the molecule is CN(CCS(C)(=O)=O)C1CC(C)(C)CCC1N. The van der Waals surface area contributed by atoms with Gasteiger partial charge < -0.3 is 10.6 Å². The molecule has 0 saturated heterocycles. The molecule has 2 atom stereocenters. The van der Waals surface area contributed by atoms with E-state index in [0.717, 1.165) is 19.3 Å². The summed E-state index contributed by atoms with van der Waals surface area (Å²) in [4.78, 5) is 2.12. The van der Waals surface area contributed by atoms with Crippen molar-refractivity contribution in [2.75, 3.05) is 25.6 Å². The van der Waals surface area contributed by atoms with Crippen molar-refractivity contribution < 1.29 is 8.42 Å². The first-order valence-electron chi connectivity index (χ1n) is 6.24. The van der Waals surface area contributed by atoms with Crippen molar-refractivity contribution >= 4 is 9.84 Å². The minimum atomic E-state index is -2.89. The number of rotatable bonds is 4. The van der Waals surface area contributed by atoms with Gasteiger partial charge in [-0.1, -0.05) is 13.8 Å². The lowest BCUT2D eigenvalue weighted by molar-refractivity contribution is 0.101. The molecule has 0 aromatic carbocycles. The van der Waals surface area contributed by atoms with E-state index in [-0.39, 0.29) is 11.8 Å². The van der Waals surface area contributed by atoms with E-state index in [4.69, 9.17) is 5.73 Å². The minimum absolute atomic E-state index is 0.174. The average Bonchev–Trinajstić information content (AvgIpc) is 2.17. The first-order chi connectivity index (χ1) is 7.61. The quantitative estimate of drug-likeness (QED) is 0.816. The Labute approximate surface area is 105 Å². The third-order valence-corrected chi connectivity index (χ3v) is 4.72. The molecule has 1 rings (SSSR count). The lowest BCUT2D eigenvalue weighted by atomic mass is 9.73. The normalized spacial score (nSPS) is 29.5.